The molecule has 2 heterocycles. The second-order valence-electron chi connectivity index (χ2n) is 10.9. The number of fused-ring (bicyclic) bond motifs is 1. The van der Waals surface area contributed by atoms with Crippen molar-refractivity contribution in [1.29, 1.82) is 0 Å². The SMILES string of the molecule is COc1cc(-c2ccc(C3CCc4ccc([C@H](O)[C@@H](C)C(=O)O)cc4O3)cc2CN(C(C)C)C(C)C)ccn1. The molecule has 0 saturated heterocycles. The van der Waals surface area contributed by atoms with Crippen molar-refractivity contribution in [3.8, 4) is 22.8 Å². The minimum Gasteiger partial charge on any atom is -0.485 e. The highest BCUT2D eigenvalue weighted by molar-refractivity contribution is 5.71. The molecule has 7 heteroatoms. The first-order valence-electron chi connectivity index (χ1n) is 13.7. The summed E-state index contributed by atoms with van der Waals surface area (Å²) in [5, 5.41) is 19.9. The lowest BCUT2D eigenvalue weighted by Gasteiger charge is -2.32. The smallest absolute Gasteiger partial charge is 0.309 e. The lowest BCUT2D eigenvalue weighted by atomic mass is 9.91. The molecule has 0 saturated carbocycles. The standard InChI is InChI=1S/C32H40N2O5/c1-19(2)34(20(3)4)18-26-15-24(9-11-27(26)23-13-14-33-30(17-23)38-6)28-12-10-22-7-8-25(16-29(22)39-28)31(35)21(5)32(36)37/h7-9,11,13-17,19-21,28,31,35H,10,12,18H2,1-6H3,(H,36,37)/t21-,28?,31-/m1/s1. The normalized spacial score (nSPS) is 16.6. The summed E-state index contributed by atoms with van der Waals surface area (Å²) in [4.78, 5) is 18.1. The Kier molecular flexibility index (Phi) is 8.93. The van der Waals surface area contributed by atoms with Gasteiger partial charge in [-0.1, -0.05) is 30.3 Å². The molecule has 0 spiro atoms. The van der Waals surface area contributed by atoms with Gasteiger partial charge in [0, 0.05) is 30.9 Å². The van der Waals surface area contributed by atoms with E-state index < -0.39 is 18.0 Å². The third-order valence-electron chi connectivity index (χ3n) is 7.68. The minimum absolute atomic E-state index is 0.145. The van der Waals surface area contributed by atoms with Gasteiger partial charge in [0.15, 0.2) is 0 Å². The van der Waals surface area contributed by atoms with Crippen molar-refractivity contribution in [2.45, 2.75) is 78.3 Å². The molecule has 1 aromatic heterocycles. The van der Waals surface area contributed by atoms with Crippen LogP contribution in [-0.2, 0) is 17.8 Å². The maximum atomic E-state index is 11.4. The second-order valence-corrected chi connectivity index (χ2v) is 10.9. The maximum Gasteiger partial charge on any atom is 0.309 e. The molecular formula is C32H40N2O5. The predicted octanol–water partition coefficient (Wildman–Crippen LogP) is 6.20. The Morgan fingerprint density at radius 1 is 1.08 bits per heavy atom. The van der Waals surface area contributed by atoms with Crippen LogP contribution in [0.25, 0.3) is 11.1 Å². The molecule has 0 fully saturated rings. The summed E-state index contributed by atoms with van der Waals surface area (Å²) in [6, 6.07) is 16.8. The van der Waals surface area contributed by atoms with E-state index in [-0.39, 0.29) is 6.10 Å². The molecule has 1 aliphatic rings. The van der Waals surface area contributed by atoms with Crippen molar-refractivity contribution in [1.82, 2.24) is 9.88 Å². The fourth-order valence-electron chi connectivity index (χ4n) is 5.30. The van der Waals surface area contributed by atoms with Crippen LogP contribution in [0.5, 0.6) is 11.6 Å². The molecule has 39 heavy (non-hydrogen) atoms. The van der Waals surface area contributed by atoms with Crippen molar-refractivity contribution in [2.24, 2.45) is 5.92 Å². The second kappa shape index (κ2) is 12.2. The molecule has 3 aromatic rings. The first-order valence-corrected chi connectivity index (χ1v) is 13.7. The van der Waals surface area contributed by atoms with E-state index in [9.17, 15) is 15.0 Å². The summed E-state index contributed by atoms with van der Waals surface area (Å²) < 4.78 is 11.9. The van der Waals surface area contributed by atoms with Gasteiger partial charge in [-0.2, -0.15) is 0 Å². The molecule has 4 rings (SSSR count). The van der Waals surface area contributed by atoms with Crippen molar-refractivity contribution in [2.75, 3.05) is 7.11 Å². The predicted molar refractivity (Wildman–Crippen MR) is 152 cm³/mol. The van der Waals surface area contributed by atoms with E-state index in [2.05, 4.69) is 55.8 Å². The molecular weight excluding hydrogens is 492 g/mol. The fourth-order valence-corrected chi connectivity index (χ4v) is 5.30. The average Bonchev–Trinajstić information content (AvgIpc) is 2.93. The van der Waals surface area contributed by atoms with Crippen LogP contribution in [0.15, 0.2) is 54.7 Å². The van der Waals surface area contributed by atoms with Crippen LogP contribution in [0.2, 0.25) is 0 Å². The molecule has 0 aliphatic carbocycles. The van der Waals surface area contributed by atoms with Crippen molar-refractivity contribution >= 4 is 5.97 Å². The number of hydrogen-bond donors (Lipinski definition) is 2. The van der Waals surface area contributed by atoms with Crippen LogP contribution in [-0.4, -0.2) is 45.3 Å². The van der Waals surface area contributed by atoms with Crippen molar-refractivity contribution in [3.05, 3.63) is 77.0 Å². The van der Waals surface area contributed by atoms with Crippen LogP contribution in [0.3, 0.4) is 0 Å². The molecule has 1 unspecified atom stereocenters. The molecule has 0 radical (unpaired) electrons. The molecule has 2 aromatic carbocycles. The molecule has 3 atom stereocenters. The number of hydrogen-bond acceptors (Lipinski definition) is 6. The van der Waals surface area contributed by atoms with E-state index >= 15 is 0 Å². The number of carboxylic acid groups (broad SMARTS) is 1. The topological polar surface area (TPSA) is 92.1 Å². The maximum absolute atomic E-state index is 11.4. The van der Waals surface area contributed by atoms with Gasteiger partial charge < -0.3 is 19.7 Å². The first kappa shape index (κ1) is 28.6. The number of pyridine rings is 1. The van der Waals surface area contributed by atoms with E-state index in [1.807, 2.05) is 18.2 Å². The Hall–Kier alpha value is -3.42. The number of methoxy groups -OCH3 is 1. The highest BCUT2D eigenvalue weighted by Crippen LogP contribution is 2.39. The van der Waals surface area contributed by atoms with E-state index in [4.69, 9.17) is 9.47 Å². The number of carboxylic acids is 1. The van der Waals surface area contributed by atoms with Crippen LogP contribution >= 0.6 is 0 Å². The number of aryl methyl sites for hydroxylation is 1. The molecule has 1 aliphatic heterocycles. The number of rotatable bonds is 10. The Morgan fingerprint density at radius 2 is 1.82 bits per heavy atom. The third kappa shape index (κ3) is 6.43. The monoisotopic (exact) mass is 532 g/mol. The van der Waals surface area contributed by atoms with Gasteiger partial charge in [0.2, 0.25) is 5.88 Å². The van der Waals surface area contributed by atoms with Gasteiger partial charge in [-0.15, -0.1) is 0 Å². The summed E-state index contributed by atoms with van der Waals surface area (Å²) in [6.45, 7) is 11.2. The van der Waals surface area contributed by atoms with E-state index in [0.29, 0.717) is 29.3 Å². The molecule has 0 amide bonds. The van der Waals surface area contributed by atoms with E-state index in [1.165, 1.54) is 12.5 Å². The summed E-state index contributed by atoms with van der Waals surface area (Å²) in [6.07, 6.45) is 2.20. The number of aliphatic hydroxyl groups is 1. The zero-order chi connectivity index (χ0) is 28.3. The lowest BCUT2D eigenvalue weighted by molar-refractivity contribution is -0.145. The summed E-state index contributed by atoms with van der Waals surface area (Å²) in [7, 11) is 1.63. The highest BCUT2D eigenvalue weighted by Gasteiger charge is 2.27. The summed E-state index contributed by atoms with van der Waals surface area (Å²) in [5.74, 6) is -0.657. The van der Waals surface area contributed by atoms with Crippen LogP contribution < -0.4 is 9.47 Å². The third-order valence-corrected chi connectivity index (χ3v) is 7.68. The first-order chi connectivity index (χ1) is 18.6. The van der Waals surface area contributed by atoms with Crippen LogP contribution in [0.4, 0.5) is 0 Å². The highest BCUT2D eigenvalue weighted by atomic mass is 16.5. The number of aromatic nitrogens is 1. The quantitative estimate of drug-likeness (QED) is 0.321. The van der Waals surface area contributed by atoms with Gasteiger partial charge in [0.25, 0.3) is 0 Å². The summed E-state index contributed by atoms with van der Waals surface area (Å²) in [5.41, 5.74) is 6.11. The number of benzene rings is 2. The Bertz CT molecular complexity index is 1300. The minimum atomic E-state index is -1.10. The van der Waals surface area contributed by atoms with Crippen LogP contribution in [0.1, 0.15) is 75.5 Å². The molecule has 2 N–H and O–H groups in total. The fraction of sp³-hybridized carbons (Fsp3) is 0.438. The number of nitrogens with zero attached hydrogens (tertiary/aromatic N) is 2. The number of aliphatic carboxylic acids is 1. The molecule has 208 valence electrons. The van der Waals surface area contributed by atoms with Crippen molar-refractivity contribution < 1.29 is 24.5 Å². The number of ether oxygens (including phenoxy) is 2. The average molecular weight is 533 g/mol. The van der Waals surface area contributed by atoms with Gasteiger partial charge in [-0.05, 0) is 93.0 Å². The van der Waals surface area contributed by atoms with Gasteiger partial charge in [0.1, 0.15) is 11.9 Å². The Morgan fingerprint density at radius 3 is 2.49 bits per heavy atom. The number of carbonyl (C=O) groups is 1. The van der Waals surface area contributed by atoms with E-state index in [1.54, 1.807) is 25.4 Å². The zero-order valence-corrected chi connectivity index (χ0v) is 23.7. The Labute approximate surface area is 231 Å². The van der Waals surface area contributed by atoms with E-state index in [0.717, 1.165) is 41.6 Å². The zero-order valence-electron chi connectivity index (χ0n) is 23.7. The van der Waals surface area contributed by atoms with Gasteiger partial charge in [0.05, 0.1) is 19.1 Å². The van der Waals surface area contributed by atoms with Crippen LogP contribution in [0, 0.1) is 5.92 Å². The summed E-state index contributed by atoms with van der Waals surface area (Å²) >= 11 is 0. The van der Waals surface area contributed by atoms with Gasteiger partial charge in [-0.25, -0.2) is 4.98 Å². The molecule has 0 bridgehead atoms. The number of aliphatic hydroxyl groups excluding tert-OH is 1. The van der Waals surface area contributed by atoms with Gasteiger partial charge >= 0.3 is 5.97 Å². The van der Waals surface area contributed by atoms with Gasteiger partial charge in [-0.3, -0.25) is 9.69 Å². The largest absolute Gasteiger partial charge is 0.485 e. The Balaban J connectivity index is 1.68. The lowest BCUT2D eigenvalue weighted by Crippen LogP contribution is -2.36. The van der Waals surface area contributed by atoms with Crippen molar-refractivity contribution in [3.63, 3.8) is 0 Å². The molecule has 7 nitrogen and oxygen atoms in total.